The van der Waals surface area contributed by atoms with E-state index >= 15 is 0 Å². The lowest BCUT2D eigenvalue weighted by atomic mass is 9.98. The number of hydrogen-bond acceptors (Lipinski definition) is 7. The summed E-state index contributed by atoms with van der Waals surface area (Å²) in [7, 11) is -2.43. The Balaban J connectivity index is 1.66. The van der Waals surface area contributed by atoms with Gasteiger partial charge in [0.05, 0.1) is 30.3 Å². The predicted molar refractivity (Wildman–Crippen MR) is 143 cm³/mol. The van der Waals surface area contributed by atoms with Gasteiger partial charge in [-0.15, -0.1) is 0 Å². The number of nitrogens with two attached hydrogens (primary N) is 2. The number of aliphatic imine (C=N–C) groups is 1. The number of methoxy groups -OCH3 is 1. The number of carbonyl (C=O) groups excluding carboxylic acids is 1. The summed E-state index contributed by atoms with van der Waals surface area (Å²) in [5.41, 5.74) is 15.0. The zero-order valence-corrected chi connectivity index (χ0v) is 21.0. The van der Waals surface area contributed by atoms with Crippen LogP contribution in [0.15, 0.2) is 76.6 Å². The van der Waals surface area contributed by atoms with Crippen molar-refractivity contribution in [1.82, 2.24) is 4.72 Å². The lowest BCUT2D eigenvalue weighted by Crippen LogP contribution is -2.42. The molecule has 1 heterocycles. The van der Waals surface area contributed by atoms with Crippen molar-refractivity contribution in [3.8, 4) is 5.75 Å². The zero-order chi connectivity index (χ0) is 26.6. The maximum atomic E-state index is 13.5. The number of amidine groups is 1. The van der Waals surface area contributed by atoms with E-state index in [9.17, 15) is 13.2 Å². The molecule has 1 amide bonds. The Morgan fingerprint density at radius 2 is 1.92 bits per heavy atom. The molecule has 7 N–H and O–H groups in total. The van der Waals surface area contributed by atoms with Gasteiger partial charge in [0.15, 0.2) is 0 Å². The number of anilines is 1. The summed E-state index contributed by atoms with van der Waals surface area (Å²) in [5, 5.41) is 10.3. The van der Waals surface area contributed by atoms with E-state index < -0.39 is 22.0 Å². The van der Waals surface area contributed by atoms with Crippen LogP contribution in [0.3, 0.4) is 0 Å². The summed E-state index contributed by atoms with van der Waals surface area (Å²) in [6, 6.07) is 17.9. The van der Waals surface area contributed by atoms with Crippen LogP contribution in [0.5, 0.6) is 5.75 Å². The molecule has 0 spiro atoms. The quantitative estimate of drug-likeness (QED) is 0.202. The first-order valence-electron chi connectivity index (χ1n) is 11.5. The fourth-order valence-corrected chi connectivity index (χ4v) is 5.34. The van der Waals surface area contributed by atoms with Gasteiger partial charge in [0.25, 0.3) is 0 Å². The molecule has 0 unspecified atom stereocenters. The Kier molecular flexibility index (Phi) is 7.67. The molecule has 3 aromatic carbocycles. The summed E-state index contributed by atoms with van der Waals surface area (Å²) < 4.78 is 35.0. The number of nitrogen functional groups attached to an aromatic ring is 1. The molecule has 0 bridgehead atoms. The Hall–Kier alpha value is -4.06. The van der Waals surface area contributed by atoms with Crippen LogP contribution in [0, 0.1) is 5.41 Å². The maximum absolute atomic E-state index is 13.5. The van der Waals surface area contributed by atoms with Gasteiger partial charge in [0, 0.05) is 23.4 Å². The molecule has 10 nitrogen and oxygen atoms in total. The molecule has 3 aromatic rings. The van der Waals surface area contributed by atoms with E-state index in [1.54, 1.807) is 37.4 Å². The van der Waals surface area contributed by atoms with Crippen molar-refractivity contribution >= 4 is 38.9 Å². The van der Waals surface area contributed by atoms with Crippen LogP contribution in [0.2, 0.25) is 0 Å². The Labute approximate surface area is 215 Å². The van der Waals surface area contributed by atoms with Crippen molar-refractivity contribution in [2.75, 3.05) is 19.0 Å². The average Bonchev–Trinajstić information content (AvgIpc) is 3.32. The van der Waals surface area contributed by atoms with Crippen molar-refractivity contribution in [2.24, 2.45) is 16.5 Å². The van der Waals surface area contributed by atoms with Gasteiger partial charge >= 0.3 is 0 Å². The number of rotatable bonds is 10. The van der Waals surface area contributed by atoms with Gasteiger partial charge in [-0.25, -0.2) is 13.1 Å². The lowest BCUT2D eigenvalue weighted by Gasteiger charge is -2.20. The molecule has 0 saturated carbocycles. The van der Waals surface area contributed by atoms with Gasteiger partial charge in [0.1, 0.15) is 11.6 Å². The molecule has 0 aromatic heterocycles. The summed E-state index contributed by atoms with van der Waals surface area (Å²) in [6.45, 7) is -0.220. The van der Waals surface area contributed by atoms with E-state index in [-0.39, 0.29) is 23.7 Å². The smallest absolute Gasteiger partial charge is 0.241 e. The fourth-order valence-electron chi connectivity index (χ4n) is 4.07. The van der Waals surface area contributed by atoms with Gasteiger partial charge in [-0.3, -0.25) is 15.2 Å². The van der Waals surface area contributed by atoms with Crippen molar-refractivity contribution in [2.45, 2.75) is 23.8 Å². The highest BCUT2D eigenvalue weighted by atomic mass is 32.2. The van der Waals surface area contributed by atoms with Crippen LogP contribution < -0.4 is 26.2 Å². The van der Waals surface area contributed by atoms with E-state index in [0.717, 1.165) is 16.8 Å². The molecular formula is C26H28N6O4S. The molecular weight excluding hydrogens is 492 g/mol. The molecule has 1 aliphatic rings. The Morgan fingerprint density at radius 1 is 1.14 bits per heavy atom. The minimum Gasteiger partial charge on any atom is -0.497 e. The SMILES string of the molecule is COc1ccc2c(c1)CC([C@@H](Cc1cccc(C(=N)N)c1)NS(=O)(=O)c1cccc(NC(=O)CN)c1)=N2. The minimum atomic E-state index is -4.01. The first-order chi connectivity index (χ1) is 17.7. The van der Waals surface area contributed by atoms with Crippen molar-refractivity contribution in [1.29, 1.82) is 5.41 Å². The topological polar surface area (TPSA) is 173 Å². The monoisotopic (exact) mass is 520 g/mol. The van der Waals surface area contributed by atoms with E-state index in [4.69, 9.17) is 26.6 Å². The standard InChI is InChI=1S/C26H28N6O4S/c1-36-20-8-9-22-18(12-20)13-23(31-22)24(11-16-4-2-5-17(10-16)26(28)29)32-37(34,35)21-7-3-6-19(14-21)30-25(33)15-27/h2-10,12,14,24,32H,11,13,15,27H2,1H3,(H3,28,29)(H,30,33)/t24-/m1/s1. The number of fused-ring (bicyclic) bond motifs is 1. The number of nitrogens with one attached hydrogen (secondary N) is 3. The van der Waals surface area contributed by atoms with Crippen LogP contribution in [0.1, 0.15) is 16.7 Å². The molecule has 192 valence electrons. The number of sulfonamides is 1. The van der Waals surface area contributed by atoms with Gasteiger partial charge in [-0.05, 0) is 60.0 Å². The van der Waals surface area contributed by atoms with Crippen LogP contribution in [0.4, 0.5) is 11.4 Å². The molecule has 1 atom stereocenters. The first-order valence-corrected chi connectivity index (χ1v) is 13.0. The van der Waals surface area contributed by atoms with Gasteiger partial charge in [-0.2, -0.15) is 0 Å². The molecule has 0 radical (unpaired) electrons. The highest BCUT2D eigenvalue weighted by molar-refractivity contribution is 7.89. The minimum absolute atomic E-state index is 0.0115. The van der Waals surface area contributed by atoms with E-state index in [1.165, 1.54) is 12.1 Å². The average molecular weight is 521 g/mol. The van der Waals surface area contributed by atoms with Crippen molar-refractivity contribution in [3.63, 3.8) is 0 Å². The maximum Gasteiger partial charge on any atom is 0.241 e. The highest BCUT2D eigenvalue weighted by Gasteiger charge is 2.28. The number of amides is 1. The Bertz CT molecular complexity index is 1490. The van der Waals surface area contributed by atoms with Crippen LogP contribution in [-0.2, 0) is 27.7 Å². The highest BCUT2D eigenvalue weighted by Crippen LogP contribution is 2.32. The summed E-state index contributed by atoms with van der Waals surface area (Å²) >= 11 is 0. The summed E-state index contributed by atoms with van der Waals surface area (Å²) in [4.78, 5) is 16.4. The molecule has 0 fully saturated rings. The van der Waals surface area contributed by atoms with Gasteiger partial charge in [-0.1, -0.05) is 24.3 Å². The van der Waals surface area contributed by atoms with Crippen molar-refractivity contribution in [3.05, 3.63) is 83.4 Å². The van der Waals surface area contributed by atoms with Gasteiger partial charge < -0.3 is 21.5 Å². The third kappa shape index (κ3) is 6.20. The van der Waals surface area contributed by atoms with E-state index in [1.807, 2.05) is 24.3 Å². The molecule has 37 heavy (non-hydrogen) atoms. The lowest BCUT2D eigenvalue weighted by molar-refractivity contribution is -0.114. The second kappa shape index (κ2) is 10.9. The van der Waals surface area contributed by atoms with E-state index in [2.05, 4.69) is 10.0 Å². The molecule has 0 saturated heterocycles. The number of hydrogen-bond donors (Lipinski definition) is 5. The van der Waals surface area contributed by atoms with Crippen molar-refractivity contribution < 1.29 is 17.9 Å². The van der Waals surface area contributed by atoms with Crippen LogP contribution in [0.25, 0.3) is 0 Å². The van der Waals surface area contributed by atoms with E-state index in [0.29, 0.717) is 29.1 Å². The number of benzene rings is 3. The van der Waals surface area contributed by atoms with Crippen LogP contribution in [-0.4, -0.2) is 45.6 Å². The second-order valence-electron chi connectivity index (χ2n) is 8.55. The normalized spacial score (nSPS) is 13.4. The molecule has 11 heteroatoms. The Morgan fingerprint density at radius 3 is 2.65 bits per heavy atom. The molecule has 0 aliphatic carbocycles. The second-order valence-corrected chi connectivity index (χ2v) is 10.3. The third-order valence-corrected chi connectivity index (χ3v) is 7.38. The van der Waals surface area contributed by atoms with Crippen LogP contribution >= 0.6 is 0 Å². The largest absolute Gasteiger partial charge is 0.497 e. The first kappa shape index (κ1) is 26.0. The van der Waals surface area contributed by atoms with Gasteiger partial charge in [0.2, 0.25) is 15.9 Å². The summed E-state index contributed by atoms with van der Waals surface area (Å²) in [5.74, 6) is 0.185. The third-order valence-electron chi connectivity index (χ3n) is 5.91. The number of carbonyl (C=O) groups is 1. The zero-order valence-electron chi connectivity index (χ0n) is 20.2. The molecule has 4 rings (SSSR count). The summed E-state index contributed by atoms with van der Waals surface area (Å²) in [6.07, 6.45) is 0.729. The molecule has 1 aliphatic heterocycles. The number of ether oxygens (including phenoxy) is 1. The fraction of sp³-hybridized carbons (Fsp3) is 0.192. The number of nitrogens with zero attached hydrogens (tertiary/aromatic N) is 1. The predicted octanol–water partition coefficient (Wildman–Crippen LogP) is 2.09.